The fourth-order valence-electron chi connectivity index (χ4n) is 2.11. The Labute approximate surface area is 133 Å². The Kier molecular flexibility index (Phi) is 5.50. The number of nitrogens with two attached hydrogens (primary N) is 1. The molecule has 0 aliphatic rings. The number of halogens is 1. The molecule has 0 saturated carbocycles. The highest BCUT2D eigenvalue weighted by Gasteiger charge is 2.05. The molecule has 2 aromatic carbocycles. The second kappa shape index (κ2) is 7.36. The van der Waals surface area contributed by atoms with Gasteiger partial charge in [-0.15, -0.1) is 0 Å². The number of benzene rings is 2. The van der Waals surface area contributed by atoms with E-state index in [1.54, 1.807) is 12.1 Å². The highest BCUT2D eigenvalue weighted by atomic mass is 79.9. The lowest BCUT2D eigenvalue weighted by atomic mass is 10.1. The van der Waals surface area contributed by atoms with Crippen LogP contribution in [0.1, 0.15) is 21.5 Å². The first-order chi connectivity index (χ1) is 10.1. The van der Waals surface area contributed by atoms with Crippen molar-refractivity contribution in [3.05, 3.63) is 69.7 Å². The Balaban J connectivity index is 1.94. The molecule has 2 aromatic rings. The summed E-state index contributed by atoms with van der Waals surface area (Å²) in [7, 11) is 2.07. The smallest absolute Gasteiger partial charge is 0.265 e. The maximum Gasteiger partial charge on any atom is 0.265 e. The number of rotatable bonds is 5. The Bertz CT molecular complexity index is 596. The minimum absolute atomic E-state index is 0.273. The van der Waals surface area contributed by atoms with Crippen LogP contribution in [0.4, 0.5) is 0 Å². The third-order valence-corrected chi connectivity index (χ3v) is 3.69. The number of nitrogens with one attached hydrogen (secondary N) is 1. The number of hydrazine groups is 1. The molecule has 0 unspecified atom stereocenters. The van der Waals surface area contributed by atoms with E-state index >= 15 is 0 Å². The first kappa shape index (κ1) is 15.7. The molecule has 0 aromatic heterocycles. The van der Waals surface area contributed by atoms with E-state index in [4.69, 9.17) is 5.84 Å². The van der Waals surface area contributed by atoms with E-state index in [0.717, 1.165) is 23.1 Å². The first-order valence-corrected chi connectivity index (χ1v) is 7.40. The molecule has 0 spiro atoms. The van der Waals surface area contributed by atoms with Gasteiger partial charge >= 0.3 is 0 Å². The highest BCUT2D eigenvalue weighted by Crippen LogP contribution is 2.13. The van der Waals surface area contributed by atoms with Crippen molar-refractivity contribution < 1.29 is 4.79 Å². The number of carbonyl (C=O) groups is 1. The highest BCUT2D eigenvalue weighted by molar-refractivity contribution is 9.10. The van der Waals surface area contributed by atoms with E-state index in [-0.39, 0.29) is 5.91 Å². The van der Waals surface area contributed by atoms with Crippen LogP contribution in [0.5, 0.6) is 0 Å². The average Bonchev–Trinajstić information content (AvgIpc) is 2.49. The molecule has 0 heterocycles. The Morgan fingerprint density at radius 2 is 1.52 bits per heavy atom. The van der Waals surface area contributed by atoms with E-state index in [9.17, 15) is 4.79 Å². The molecule has 0 saturated heterocycles. The van der Waals surface area contributed by atoms with Crippen LogP contribution in [0.3, 0.4) is 0 Å². The summed E-state index contributed by atoms with van der Waals surface area (Å²) >= 11 is 3.43. The van der Waals surface area contributed by atoms with Crippen molar-refractivity contribution in [2.24, 2.45) is 5.84 Å². The summed E-state index contributed by atoms with van der Waals surface area (Å²) in [5.41, 5.74) is 5.11. The number of hydrogen-bond acceptors (Lipinski definition) is 3. The van der Waals surface area contributed by atoms with Crippen molar-refractivity contribution in [3.8, 4) is 0 Å². The third-order valence-electron chi connectivity index (χ3n) is 3.17. The minimum Gasteiger partial charge on any atom is -0.298 e. The van der Waals surface area contributed by atoms with Crippen LogP contribution in [0.15, 0.2) is 53.0 Å². The Morgan fingerprint density at radius 1 is 1.05 bits per heavy atom. The minimum atomic E-state index is -0.273. The van der Waals surface area contributed by atoms with E-state index < -0.39 is 0 Å². The van der Waals surface area contributed by atoms with Crippen molar-refractivity contribution in [2.45, 2.75) is 13.1 Å². The topological polar surface area (TPSA) is 58.4 Å². The molecule has 0 bridgehead atoms. The zero-order valence-corrected chi connectivity index (χ0v) is 13.4. The predicted molar refractivity (Wildman–Crippen MR) is 87.4 cm³/mol. The van der Waals surface area contributed by atoms with Crippen LogP contribution < -0.4 is 11.3 Å². The summed E-state index contributed by atoms with van der Waals surface area (Å²) in [5.74, 6) is 4.83. The number of hydrogen-bond donors (Lipinski definition) is 2. The van der Waals surface area contributed by atoms with Gasteiger partial charge in [0.25, 0.3) is 5.91 Å². The number of nitrogens with zero attached hydrogens (tertiary/aromatic N) is 1. The number of amides is 1. The van der Waals surface area contributed by atoms with Gasteiger partial charge in [0.05, 0.1) is 0 Å². The fourth-order valence-corrected chi connectivity index (χ4v) is 2.38. The summed E-state index contributed by atoms with van der Waals surface area (Å²) in [6, 6.07) is 15.8. The summed E-state index contributed by atoms with van der Waals surface area (Å²) < 4.78 is 1.09. The molecule has 21 heavy (non-hydrogen) atoms. The van der Waals surface area contributed by atoms with Gasteiger partial charge in [0.15, 0.2) is 0 Å². The van der Waals surface area contributed by atoms with E-state index in [1.165, 1.54) is 5.56 Å². The van der Waals surface area contributed by atoms with Gasteiger partial charge in [-0.2, -0.15) is 0 Å². The van der Waals surface area contributed by atoms with Gasteiger partial charge in [0.2, 0.25) is 0 Å². The van der Waals surface area contributed by atoms with Crippen molar-refractivity contribution in [3.63, 3.8) is 0 Å². The van der Waals surface area contributed by atoms with Gasteiger partial charge in [-0.25, -0.2) is 5.84 Å². The van der Waals surface area contributed by atoms with Crippen molar-refractivity contribution in [2.75, 3.05) is 7.05 Å². The lowest BCUT2D eigenvalue weighted by Crippen LogP contribution is -2.29. The molecule has 0 fully saturated rings. The van der Waals surface area contributed by atoms with E-state index in [1.807, 2.05) is 24.3 Å². The maximum absolute atomic E-state index is 11.4. The normalized spacial score (nSPS) is 10.7. The molecule has 1 amide bonds. The molecule has 3 N–H and O–H groups in total. The summed E-state index contributed by atoms with van der Waals surface area (Å²) in [6.45, 7) is 1.69. The SMILES string of the molecule is CN(Cc1ccc(Br)cc1)Cc1ccc(C(=O)NN)cc1. The van der Waals surface area contributed by atoms with Gasteiger partial charge in [-0.3, -0.25) is 15.1 Å². The van der Waals surface area contributed by atoms with Crippen molar-refractivity contribution in [1.29, 1.82) is 0 Å². The van der Waals surface area contributed by atoms with Crippen LogP contribution in [0.25, 0.3) is 0 Å². The lowest BCUT2D eigenvalue weighted by Gasteiger charge is -2.17. The Morgan fingerprint density at radius 3 is 2.00 bits per heavy atom. The molecule has 0 aliphatic carbocycles. The van der Waals surface area contributed by atoms with Crippen molar-refractivity contribution >= 4 is 21.8 Å². The van der Waals surface area contributed by atoms with E-state index in [2.05, 4.69) is 45.4 Å². The third kappa shape index (κ3) is 4.67. The maximum atomic E-state index is 11.4. The molecule has 110 valence electrons. The van der Waals surface area contributed by atoms with Gasteiger partial charge in [0.1, 0.15) is 0 Å². The molecule has 0 aliphatic heterocycles. The lowest BCUT2D eigenvalue weighted by molar-refractivity contribution is 0.0953. The quantitative estimate of drug-likeness (QED) is 0.496. The van der Waals surface area contributed by atoms with Crippen molar-refractivity contribution in [1.82, 2.24) is 10.3 Å². The van der Waals surface area contributed by atoms with Gasteiger partial charge < -0.3 is 0 Å². The number of nitrogen functional groups attached to an aromatic ring is 1. The molecule has 2 rings (SSSR count). The second-order valence-corrected chi connectivity index (χ2v) is 5.88. The molecular weight excluding hydrogens is 330 g/mol. The molecule has 0 radical (unpaired) electrons. The molecule has 5 heteroatoms. The summed E-state index contributed by atoms with van der Waals surface area (Å²) in [5, 5.41) is 0. The zero-order chi connectivity index (χ0) is 15.2. The van der Waals surface area contributed by atoms with Gasteiger partial charge in [-0.05, 0) is 42.4 Å². The molecule has 0 atom stereocenters. The van der Waals surface area contributed by atoms with Crippen LogP contribution in [-0.4, -0.2) is 17.9 Å². The second-order valence-electron chi connectivity index (χ2n) is 4.97. The van der Waals surface area contributed by atoms with Crippen LogP contribution in [0.2, 0.25) is 0 Å². The van der Waals surface area contributed by atoms with E-state index in [0.29, 0.717) is 5.56 Å². The predicted octanol–water partition coefficient (Wildman–Crippen LogP) is 2.68. The van der Waals surface area contributed by atoms with Crippen LogP contribution in [0, 0.1) is 0 Å². The van der Waals surface area contributed by atoms with Gasteiger partial charge in [0, 0.05) is 23.1 Å². The van der Waals surface area contributed by atoms with Gasteiger partial charge in [-0.1, -0.05) is 40.2 Å². The molecular formula is C16H18BrN3O. The van der Waals surface area contributed by atoms with Crippen LogP contribution >= 0.6 is 15.9 Å². The zero-order valence-electron chi connectivity index (χ0n) is 11.8. The number of carbonyl (C=O) groups excluding carboxylic acids is 1. The Hall–Kier alpha value is -1.69. The van der Waals surface area contributed by atoms with Crippen LogP contribution in [-0.2, 0) is 13.1 Å². The fraction of sp³-hybridized carbons (Fsp3) is 0.188. The monoisotopic (exact) mass is 347 g/mol. The summed E-state index contributed by atoms with van der Waals surface area (Å²) in [6.07, 6.45) is 0. The summed E-state index contributed by atoms with van der Waals surface area (Å²) in [4.78, 5) is 13.6. The largest absolute Gasteiger partial charge is 0.298 e. The standard InChI is InChI=1S/C16H18BrN3O/c1-20(11-13-4-8-15(17)9-5-13)10-12-2-6-14(7-3-12)16(21)19-18/h2-9H,10-11,18H2,1H3,(H,19,21). The molecule has 4 nitrogen and oxygen atoms in total. The first-order valence-electron chi connectivity index (χ1n) is 6.61. The average molecular weight is 348 g/mol.